The van der Waals surface area contributed by atoms with Crippen molar-refractivity contribution in [3.63, 3.8) is 0 Å². The fourth-order valence-electron chi connectivity index (χ4n) is 1.74. The Bertz CT molecular complexity index is 130. The molecule has 1 aliphatic heterocycles. The zero-order chi connectivity index (χ0) is 9.52. The number of rotatable bonds is 5. The van der Waals surface area contributed by atoms with E-state index < -0.39 is 0 Å². The van der Waals surface area contributed by atoms with Crippen LogP contribution in [0.1, 0.15) is 39.0 Å². The number of morpholine rings is 1. The van der Waals surface area contributed by atoms with Crippen LogP contribution >= 0.6 is 0 Å². The molecule has 1 heterocycles. The SMILES string of the molecule is CCCCCCC1C[NH+]([O-])CCO1. The Balaban J connectivity index is 2.00. The van der Waals surface area contributed by atoms with E-state index in [9.17, 15) is 5.21 Å². The van der Waals surface area contributed by atoms with Crippen LogP contribution in [0.15, 0.2) is 0 Å². The molecular formula is C10H21NO2. The number of hydrogen-bond acceptors (Lipinski definition) is 2. The summed E-state index contributed by atoms with van der Waals surface area (Å²) in [6.45, 7) is 4.15. The predicted octanol–water partition coefficient (Wildman–Crippen LogP) is 0.738. The minimum Gasteiger partial charge on any atom is -0.634 e. The molecule has 1 fully saturated rings. The van der Waals surface area contributed by atoms with Gasteiger partial charge in [0.25, 0.3) is 0 Å². The second-order valence-corrected chi connectivity index (χ2v) is 3.83. The second-order valence-electron chi connectivity index (χ2n) is 3.83. The van der Waals surface area contributed by atoms with Gasteiger partial charge in [0.1, 0.15) is 19.2 Å². The Hall–Kier alpha value is -0.120. The molecule has 0 aromatic rings. The molecule has 0 saturated carbocycles. The lowest BCUT2D eigenvalue weighted by Crippen LogP contribution is -3.10. The van der Waals surface area contributed by atoms with Crippen molar-refractivity contribution >= 4 is 0 Å². The van der Waals surface area contributed by atoms with Gasteiger partial charge in [-0.15, -0.1) is 0 Å². The quantitative estimate of drug-likeness (QED) is 0.509. The van der Waals surface area contributed by atoms with E-state index in [4.69, 9.17) is 4.74 Å². The van der Waals surface area contributed by atoms with Crippen molar-refractivity contribution in [2.24, 2.45) is 0 Å². The van der Waals surface area contributed by atoms with Crippen LogP contribution in [0.3, 0.4) is 0 Å². The van der Waals surface area contributed by atoms with Crippen molar-refractivity contribution in [1.29, 1.82) is 0 Å². The van der Waals surface area contributed by atoms with E-state index >= 15 is 0 Å². The Morgan fingerprint density at radius 3 is 2.92 bits per heavy atom. The fourth-order valence-corrected chi connectivity index (χ4v) is 1.74. The Kier molecular flexibility index (Phi) is 5.35. The van der Waals surface area contributed by atoms with Gasteiger partial charge in [-0.25, -0.2) is 0 Å². The third kappa shape index (κ3) is 4.60. The van der Waals surface area contributed by atoms with Crippen LogP contribution < -0.4 is 5.06 Å². The van der Waals surface area contributed by atoms with Crippen molar-refractivity contribution in [3.8, 4) is 0 Å². The van der Waals surface area contributed by atoms with Crippen LogP contribution in [0.4, 0.5) is 0 Å². The molecule has 0 aromatic carbocycles. The van der Waals surface area contributed by atoms with Crippen LogP contribution in [0.2, 0.25) is 0 Å². The molecule has 1 rings (SSSR count). The van der Waals surface area contributed by atoms with Crippen molar-refractivity contribution in [2.75, 3.05) is 19.7 Å². The molecule has 0 aromatic heterocycles. The molecule has 3 heteroatoms. The van der Waals surface area contributed by atoms with Crippen LogP contribution in [0, 0.1) is 5.21 Å². The van der Waals surface area contributed by atoms with Crippen molar-refractivity contribution in [2.45, 2.75) is 45.1 Å². The van der Waals surface area contributed by atoms with E-state index in [1.54, 1.807) is 0 Å². The summed E-state index contributed by atoms with van der Waals surface area (Å²) in [7, 11) is 0. The normalized spacial score (nSPS) is 29.1. The number of quaternary nitrogens is 1. The molecule has 0 aliphatic carbocycles. The maximum absolute atomic E-state index is 11.1. The van der Waals surface area contributed by atoms with E-state index in [0.29, 0.717) is 24.8 Å². The molecule has 1 aliphatic rings. The predicted molar refractivity (Wildman–Crippen MR) is 52.6 cm³/mol. The molecule has 1 N–H and O–H groups in total. The molecule has 0 radical (unpaired) electrons. The van der Waals surface area contributed by atoms with E-state index in [0.717, 1.165) is 6.42 Å². The number of unbranched alkanes of at least 4 members (excludes halogenated alkanes) is 3. The van der Waals surface area contributed by atoms with Gasteiger partial charge in [0.15, 0.2) is 0 Å². The van der Waals surface area contributed by atoms with Gasteiger partial charge >= 0.3 is 0 Å². The summed E-state index contributed by atoms with van der Waals surface area (Å²) in [4.78, 5) is 0. The van der Waals surface area contributed by atoms with Crippen LogP contribution in [-0.2, 0) is 4.74 Å². The van der Waals surface area contributed by atoms with Crippen LogP contribution in [-0.4, -0.2) is 25.8 Å². The molecule has 2 atom stereocenters. The summed E-state index contributed by atoms with van der Waals surface area (Å²) < 4.78 is 5.51. The number of ether oxygens (including phenoxy) is 1. The van der Waals surface area contributed by atoms with Gasteiger partial charge in [-0.3, -0.25) is 0 Å². The topological polar surface area (TPSA) is 36.7 Å². The molecule has 13 heavy (non-hydrogen) atoms. The molecular weight excluding hydrogens is 166 g/mol. The largest absolute Gasteiger partial charge is 0.634 e. The summed E-state index contributed by atoms with van der Waals surface area (Å²) in [5.41, 5.74) is 0. The monoisotopic (exact) mass is 187 g/mol. The highest BCUT2D eigenvalue weighted by atomic mass is 16.5. The van der Waals surface area contributed by atoms with Crippen LogP contribution in [0.25, 0.3) is 0 Å². The Morgan fingerprint density at radius 1 is 1.38 bits per heavy atom. The number of hydroxylamine groups is 2. The number of nitrogens with one attached hydrogen (secondary N) is 1. The lowest BCUT2D eigenvalue weighted by Gasteiger charge is -2.32. The summed E-state index contributed by atoms with van der Waals surface area (Å²) in [5, 5.41) is 11.5. The Labute approximate surface area is 80.6 Å². The molecule has 78 valence electrons. The Morgan fingerprint density at radius 2 is 2.23 bits per heavy atom. The van der Waals surface area contributed by atoms with Gasteiger partial charge in [-0.2, -0.15) is 0 Å². The standard InChI is InChI=1S/C10H21NO2/c1-2-3-4-5-6-10-9-11(12)7-8-13-10/h10-11H,2-9H2,1H3. The summed E-state index contributed by atoms with van der Waals surface area (Å²) >= 11 is 0. The summed E-state index contributed by atoms with van der Waals surface area (Å²) in [6, 6.07) is 0. The third-order valence-electron chi connectivity index (χ3n) is 2.57. The maximum atomic E-state index is 11.1. The van der Waals surface area contributed by atoms with Gasteiger partial charge < -0.3 is 15.0 Å². The molecule has 1 saturated heterocycles. The molecule has 2 unspecified atom stereocenters. The van der Waals surface area contributed by atoms with Gasteiger partial charge in [-0.1, -0.05) is 32.6 Å². The van der Waals surface area contributed by atoms with Gasteiger partial charge in [-0.05, 0) is 6.42 Å². The minimum absolute atomic E-state index is 0.234. The molecule has 3 nitrogen and oxygen atoms in total. The van der Waals surface area contributed by atoms with Gasteiger partial charge in [0.2, 0.25) is 0 Å². The smallest absolute Gasteiger partial charge is 0.107 e. The second kappa shape index (κ2) is 6.35. The van der Waals surface area contributed by atoms with Crippen molar-refractivity contribution in [1.82, 2.24) is 0 Å². The average molecular weight is 187 g/mol. The lowest BCUT2D eigenvalue weighted by molar-refractivity contribution is -0.861. The minimum atomic E-state index is 0.234. The zero-order valence-electron chi connectivity index (χ0n) is 8.55. The molecule has 0 spiro atoms. The highest BCUT2D eigenvalue weighted by Crippen LogP contribution is 2.08. The molecule has 0 bridgehead atoms. The highest BCUT2D eigenvalue weighted by Gasteiger charge is 2.17. The first-order valence-corrected chi connectivity index (χ1v) is 5.46. The van der Waals surface area contributed by atoms with E-state index in [-0.39, 0.29) is 6.10 Å². The van der Waals surface area contributed by atoms with E-state index in [1.807, 2.05) is 0 Å². The summed E-state index contributed by atoms with van der Waals surface area (Å²) in [6.07, 6.45) is 6.38. The first kappa shape index (κ1) is 11.0. The van der Waals surface area contributed by atoms with Crippen molar-refractivity contribution in [3.05, 3.63) is 5.21 Å². The molecule has 0 amide bonds. The summed E-state index contributed by atoms with van der Waals surface area (Å²) in [5.74, 6) is 0. The average Bonchev–Trinajstić information content (AvgIpc) is 2.13. The maximum Gasteiger partial charge on any atom is 0.107 e. The van der Waals surface area contributed by atoms with E-state index in [1.165, 1.54) is 25.7 Å². The first-order chi connectivity index (χ1) is 6.33. The highest BCUT2D eigenvalue weighted by molar-refractivity contribution is 4.59. The lowest BCUT2D eigenvalue weighted by atomic mass is 10.1. The van der Waals surface area contributed by atoms with E-state index in [2.05, 4.69) is 6.92 Å². The first-order valence-electron chi connectivity index (χ1n) is 5.46. The van der Waals surface area contributed by atoms with Crippen LogP contribution in [0.5, 0.6) is 0 Å². The number of hydrogen-bond donors (Lipinski definition) is 1. The van der Waals surface area contributed by atoms with Crippen molar-refractivity contribution < 1.29 is 9.80 Å². The zero-order valence-corrected chi connectivity index (χ0v) is 8.55. The third-order valence-corrected chi connectivity index (χ3v) is 2.57. The van der Waals surface area contributed by atoms with Gasteiger partial charge in [0, 0.05) is 0 Å². The van der Waals surface area contributed by atoms with Gasteiger partial charge in [0.05, 0.1) is 6.61 Å². The fraction of sp³-hybridized carbons (Fsp3) is 1.00.